The molecule has 0 aliphatic rings. The van der Waals surface area contributed by atoms with Crippen LogP contribution in [0.25, 0.3) is 4.96 Å². The van der Waals surface area contributed by atoms with E-state index in [1.165, 1.54) is 0 Å². The van der Waals surface area contributed by atoms with E-state index in [0.717, 1.165) is 10.7 Å². The second-order valence-corrected chi connectivity index (χ2v) is 4.71. The van der Waals surface area contributed by atoms with E-state index in [1.807, 2.05) is 36.0 Å². The van der Waals surface area contributed by atoms with Gasteiger partial charge in [-0.2, -0.15) is 0 Å². The summed E-state index contributed by atoms with van der Waals surface area (Å²) >= 11 is 1.61. The molecule has 0 radical (unpaired) electrons. The zero-order chi connectivity index (χ0) is 10.1. The number of aliphatic hydroxyl groups excluding tert-OH is 1. The van der Waals surface area contributed by atoms with E-state index in [0.29, 0.717) is 6.42 Å². The maximum atomic E-state index is 9.70. The Hall–Kier alpha value is -0.870. The average molecular weight is 210 g/mol. The first-order valence-electron chi connectivity index (χ1n) is 4.76. The third-order valence-electron chi connectivity index (χ3n) is 2.33. The van der Waals surface area contributed by atoms with E-state index in [9.17, 15) is 5.11 Å². The lowest BCUT2D eigenvalue weighted by Crippen LogP contribution is -2.17. The summed E-state index contributed by atoms with van der Waals surface area (Å²) in [5.41, 5.74) is 0.970. The summed E-state index contributed by atoms with van der Waals surface area (Å²) in [6.45, 7) is 4.03. The molecule has 2 heterocycles. The van der Waals surface area contributed by atoms with Crippen molar-refractivity contribution in [2.75, 3.05) is 0 Å². The second-order valence-electron chi connectivity index (χ2n) is 3.84. The van der Waals surface area contributed by atoms with Crippen LogP contribution in [0.4, 0.5) is 0 Å². The van der Waals surface area contributed by atoms with Gasteiger partial charge in [-0.1, -0.05) is 13.8 Å². The highest BCUT2D eigenvalue weighted by molar-refractivity contribution is 7.15. The van der Waals surface area contributed by atoms with Gasteiger partial charge in [0, 0.05) is 24.2 Å². The zero-order valence-corrected chi connectivity index (χ0v) is 9.16. The Morgan fingerprint density at radius 1 is 1.57 bits per heavy atom. The average Bonchev–Trinajstić information content (AvgIpc) is 2.63. The van der Waals surface area contributed by atoms with Gasteiger partial charge in [0.05, 0.1) is 11.8 Å². The monoisotopic (exact) mass is 210 g/mol. The minimum absolute atomic E-state index is 0.287. The molecule has 4 heteroatoms. The zero-order valence-electron chi connectivity index (χ0n) is 8.34. The lowest BCUT2D eigenvalue weighted by molar-refractivity contribution is 0.125. The van der Waals surface area contributed by atoms with Gasteiger partial charge in [-0.25, -0.2) is 4.98 Å². The standard InChI is InChI=1S/C10H14N2OS/c1-7(2)9(13)5-8-6-12-3-4-14-10(12)11-8/h3-4,6-7,9,13H,5H2,1-2H3. The van der Waals surface area contributed by atoms with Crippen LogP contribution in [0.15, 0.2) is 17.8 Å². The van der Waals surface area contributed by atoms with Crippen LogP contribution >= 0.6 is 11.3 Å². The van der Waals surface area contributed by atoms with Crippen molar-refractivity contribution in [3.8, 4) is 0 Å². The van der Waals surface area contributed by atoms with Crippen LogP contribution in [0, 0.1) is 5.92 Å². The Bertz CT molecular complexity index is 390. The summed E-state index contributed by atoms with van der Waals surface area (Å²) in [7, 11) is 0. The lowest BCUT2D eigenvalue weighted by atomic mass is 10.0. The van der Waals surface area contributed by atoms with Gasteiger partial charge in [-0.05, 0) is 5.92 Å². The van der Waals surface area contributed by atoms with Crippen LogP contribution in [-0.2, 0) is 6.42 Å². The van der Waals surface area contributed by atoms with Crippen molar-refractivity contribution in [3.05, 3.63) is 23.5 Å². The minimum atomic E-state index is -0.292. The molecule has 0 fully saturated rings. The molecule has 1 unspecified atom stereocenters. The molecule has 0 saturated carbocycles. The highest BCUT2D eigenvalue weighted by Gasteiger charge is 2.12. The van der Waals surface area contributed by atoms with E-state index < -0.39 is 0 Å². The highest BCUT2D eigenvalue weighted by Crippen LogP contribution is 2.14. The van der Waals surface area contributed by atoms with Gasteiger partial charge in [-0.15, -0.1) is 11.3 Å². The summed E-state index contributed by atoms with van der Waals surface area (Å²) in [4.78, 5) is 5.41. The maximum absolute atomic E-state index is 9.70. The third-order valence-corrected chi connectivity index (χ3v) is 3.10. The first kappa shape index (κ1) is 9.68. The molecular weight excluding hydrogens is 196 g/mol. The molecule has 3 nitrogen and oxygen atoms in total. The molecule has 2 aromatic heterocycles. The van der Waals surface area contributed by atoms with Gasteiger partial charge < -0.3 is 5.11 Å². The molecule has 0 spiro atoms. The van der Waals surface area contributed by atoms with Crippen LogP contribution in [0.5, 0.6) is 0 Å². The van der Waals surface area contributed by atoms with Crippen LogP contribution in [0.1, 0.15) is 19.5 Å². The minimum Gasteiger partial charge on any atom is -0.392 e. The van der Waals surface area contributed by atoms with Gasteiger partial charge in [0.2, 0.25) is 0 Å². The molecule has 1 N–H and O–H groups in total. The van der Waals surface area contributed by atoms with Gasteiger partial charge in [-0.3, -0.25) is 4.40 Å². The summed E-state index contributed by atoms with van der Waals surface area (Å²) in [5, 5.41) is 11.7. The molecule has 76 valence electrons. The number of hydrogen-bond acceptors (Lipinski definition) is 3. The molecule has 1 atom stereocenters. The van der Waals surface area contributed by atoms with Gasteiger partial charge >= 0.3 is 0 Å². The molecular formula is C10H14N2OS. The number of fused-ring (bicyclic) bond motifs is 1. The quantitative estimate of drug-likeness (QED) is 0.840. The van der Waals surface area contributed by atoms with Crippen molar-refractivity contribution in [3.63, 3.8) is 0 Å². The smallest absolute Gasteiger partial charge is 0.193 e. The fourth-order valence-electron chi connectivity index (χ4n) is 1.32. The van der Waals surface area contributed by atoms with Gasteiger partial charge in [0.25, 0.3) is 0 Å². The van der Waals surface area contributed by atoms with Gasteiger partial charge in [0.1, 0.15) is 0 Å². The Labute approximate surface area is 87.0 Å². The fraction of sp³-hybridized carbons (Fsp3) is 0.500. The molecule has 0 aromatic carbocycles. The number of aromatic nitrogens is 2. The Kier molecular flexibility index (Phi) is 2.56. The van der Waals surface area contributed by atoms with Crippen LogP contribution < -0.4 is 0 Å². The van der Waals surface area contributed by atoms with E-state index in [4.69, 9.17) is 0 Å². The Morgan fingerprint density at radius 3 is 3.00 bits per heavy atom. The number of aliphatic hydroxyl groups is 1. The first-order chi connectivity index (χ1) is 6.66. The third kappa shape index (κ3) is 1.81. The number of thiazole rings is 1. The summed E-state index contributed by atoms with van der Waals surface area (Å²) in [6.07, 6.45) is 4.32. The molecule has 2 rings (SSSR count). The van der Waals surface area contributed by atoms with Crippen molar-refractivity contribution in [1.29, 1.82) is 0 Å². The Balaban J connectivity index is 2.15. The molecule has 0 bridgehead atoms. The SMILES string of the molecule is CC(C)C(O)Cc1cn2ccsc2n1. The van der Waals surface area contributed by atoms with Crippen molar-refractivity contribution < 1.29 is 5.11 Å². The van der Waals surface area contributed by atoms with E-state index >= 15 is 0 Å². The molecule has 0 amide bonds. The molecule has 2 aromatic rings. The Morgan fingerprint density at radius 2 is 2.36 bits per heavy atom. The number of imidazole rings is 1. The second kappa shape index (κ2) is 3.71. The maximum Gasteiger partial charge on any atom is 0.193 e. The largest absolute Gasteiger partial charge is 0.392 e. The molecule has 0 saturated heterocycles. The van der Waals surface area contributed by atoms with Crippen molar-refractivity contribution in [1.82, 2.24) is 9.38 Å². The highest BCUT2D eigenvalue weighted by atomic mass is 32.1. The number of nitrogens with zero attached hydrogens (tertiary/aromatic N) is 2. The summed E-state index contributed by atoms with van der Waals surface area (Å²) in [6, 6.07) is 0. The van der Waals surface area contributed by atoms with Crippen LogP contribution in [-0.4, -0.2) is 20.6 Å². The van der Waals surface area contributed by atoms with E-state index in [2.05, 4.69) is 4.98 Å². The summed E-state index contributed by atoms with van der Waals surface area (Å²) in [5.74, 6) is 0.287. The van der Waals surface area contributed by atoms with E-state index in [1.54, 1.807) is 11.3 Å². The van der Waals surface area contributed by atoms with Crippen molar-refractivity contribution >= 4 is 16.3 Å². The molecule has 0 aliphatic heterocycles. The van der Waals surface area contributed by atoms with Gasteiger partial charge in [0.15, 0.2) is 4.96 Å². The predicted octanol–water partition coefficient (Wildman–Crippen LogP) is 1.96. The van der Waals surface area contributed by atoms with E-state index in [-0.39, 0.29) is 12.0 Å². The van der Waals surface area contributed by atoms with Crippen molar-refractivity contribution in [2.24, 2.45) is 5.92 Å². The topological polar surface area (TPSA) is 37.5 Å². The number of rotatable bonds is 3. The predicted molar refractivity (Wildman–Crippen MR) is 57.6 cm³/mol. The van der Waals surface area contributed by atoms with Crippen LogP contribution in [0.3, 0.4) is 0 Å². The van der Waals surface area contributed by atoms with Crippen LogP contribution in [0.2, 0.25) is 0 Å². The summed E-state index contributed by atoms with van der Waals surface area (Å²) < 4.78 is 1.99. The van der Waals surface area contributed by atoms with Crippen molar-refractivity contribution in [2.45, 2.75) is 26.4 Å². The molecule has 0 aliphatic carbocycles. The normalized spacial score (nSPS) is 14.0. The lowest BCUT2D eigenvalue weighted by Gasteiger charge is -2.11. The molecule has 14 heavy (non-hydrogen) atoms. The first-order valence-corrected chi connectivity index (χ1v) is 5.64. The fourth-order valence-corrected chi connectivity index (χ4v) is 2.04. The number of hydrogen-bond donors (Lipinski definition) is 1.